The third-order valence-electron chi connectivity index (χ3n) is 13.1. The summed E-state index contributed by atoms with van der Waals surface area (Å²) in [6.07, 6.45) is 6.13. The molecule has 0 heterocycles. The lowest BCUT2D eigenvalue weighted by atomic mass is 9.32. The zero-order valence-electron chi connectivity index (χ0n) is 22.9. The van der Waals surface area contributed by atoms with Crippen LogP contribution in [-0.4, -0.2) is 44.7 Å². The summed E-state index contributed by atoms with van der Waals surface area (Å²) in [5, 5.41) is 45.1. The summed E-state index contributed by atoms with van der Waals surface area (Å²) in [6, 6.07) is 0. The van der Waals surface area contributed by atoms with E-state index in [1.54, 1.807) is 0 Å². The van der Waals surface area contributed by atoms with Gasteiger partial charge in [0.2, 0.25) is 0 Å². The molecule has 5 heteroatoms. The Morgan fingerprint density at radius 2 is 1.51 bits per heavy atom. The fraction of sp³-hybridized carbons (Fsp3) is 0.900. The molecule has 35 heavy (non-hydrogen) atoms. The molecular formula is C30H48O5. The van der Waals surface area contributed by atoms with Crippen molar-refractivity contribution in [3.05, 3.63) is 11.6 Å². The van der Waals surface area contributed by atoms with Crippen LogP contribution in [0.2, 0.25) is 0 Å². The minimum absolute atomic E-state index is 0.0198. The zero-order chi connectivity index (χ0) is 26.0. The molecule has 0 bridgehead atoms. The van der Waals surface area contributed by atoms with E-state index in [0.717, 1.165) is 32.1 Å². The van der Waals surface area contributed by atoms with Gasteiger partial charge >= 0.3 is 5.97 Å². The standard InChI is InChI=1S/C30H48O5/c1-25(2)12-13-30(24(34)35)18(15-25)17-8-9-19-27(5)11-10-21(31)26(3,4)20(27)14-22(32)29(19,7)28(17,6)16-23(30)33/h8,18-23,31-33H,9-16H2,1-7H3,(H,34,35)/t18?,19?,20?,21-,22-,23+,27+,28+,29-,30+/m0/s1. The van der Waals surface area contributed by atoms with Gasteiger partial charge < -0.3 is 20.4 Å². The minimum Gasteiger partial charge on any atom is -0.481 e. The lowest BCUT2D eigenvalue weighted by Gasteiger charge is -2.72. The molecule has 0 aromatic carbocycles. The van der Waals surface area contributed by atoms with E-state index in [9.17, 15) is 25.2 Å². The Kier molecular flexibility index (Phi) is 5.40. The van der Waals surface area contributed by atoms with Gasteiger partial charge in [0.15, 0.2) is 0 Å². The number of hydrogen-bond acceptors (Lipinski definition) is 4. The van der Waals surface area contributed by atoms with Gasteiger partial charge in [-0.15, -0.1) is 0 Å². The lowest BCUT2D eigenvalue weighted by molar-refractivity contribution is -0.253. The van der Waals surface area contributed by atoms with Gasteiger partial charge in [-0.3, -0.25) is 4.79 Å². The summed E-state index contributed by atoms with van der Waals surface area (Å²) in [6.45, 7) is 15.6. The lowest BCUT2D eigenvalue weighted by Crippen LogP contribution is -2.70. The number of rotatable bonds is 1. The first-order valence-electron chi connectivity index (χ1n) is 14.0. The summed E-state index contributed by atoms with van der Waals surface area (Å²) in [4.78, 5) is 12.8. The Morgan fingerprint density at radius 3 is 2.14 bits per heavy atom. The Labute approximate surface area is 211 Å². The van der Waals surface area contributed by atoms with Crippen molar-refractivity contribution < 1.29 is 25.2 Å². The monoisotopic (exact) mass is 488 g/mol. The molecule has 198 valence electrons. The van der Waals surface area contributed by atoms with Gasteiger partial charge in [-0.1, -0.05) is 60.1 Å². The summed E-state index contributed by atoms with van der Waals surface area (Å²) in [7, 11) is 0. The van der Waals surface area contributed by atoms with E-state index in [1.165, 1.54) is 5.57 Å². The molecule has 0 spiro atoms. The highest BCUT2D eigenvalue weighted by Crippen LogP contribution is 2.75. The van der Waals surface area contributed by atoms with E-state index >= 15 is 0 Å². The van der Waals surface area contributed by atoms with Crippen molar-refractivity contribution >= 4 is 5.97 Å². The molecule has 3 unspecified atom stereocenters. The van der Waals surface area contributed by atoms with Crippen molar-refractivity contribution in [1.82, 2.24) is 0 Å². The van der Waals surface area contributed by atoms with E-state index in [0.29, 0.717) is 19.3 Å². The van der Waals surface area contributed by atoms with Gasteiger partial charge in [-0.05, 0) is 90.8 Å². The van der Waals surface area contributed by atoms with Crippen LogP contribution < -0.4 is 0 Å². The highest BCUT2D eigenvalue weighted by molar-refractivity contribution is 5.77. The summed E-state index contributed by atoms with van der Waals surface area (Å²) < 4.78 is 0. The van der Waals surface area contributed by atoms with Crippen LogP contribution in [0.5, 0.6) is 0 Å². The molecule has 4 saturated carbocycles. The molecule has 4 N–H and O–H groups in total. The van der Waals surface area contributed by atoms with Gasteiger partial charge in [-0.25, -0.2) is 0 Å². The normalized spacial score (nSPS) is 54.4. The first-order valence-corrected chi connectivity index (χ1v) is 14.0. The van der Waals surface area contributed by atoms with E-state index in [2.05, 4.69) is 54.5 Å². The summed E-state index contributed by atoms with van der Waals surface area (Å²) >= 11 is 0. The minimum atomic E-state index is -1.13. The van der Waals surface area contributed by atoms with Crippen LogP contribution in [0.25, 0.3) is 0 Å². The fourth-order valence-electron chi connectivity index (χ4n) is 10.7. The molecular weight excluding hydrogens is 440 g/mol. The van der Waals surface area contributed by atoms with Crippen LogP contribution in [0.1, 0.15) is 99.8 Å². The SMILES string of the molecule is CC1(C)CC[C@@]2(C(=O)O)C(C1)C1=CCC3[C@@]4(C)CC[C@H](O)C(C)(C)C4C[C@H](O)[C@@]3(C)[C@]1(C)C[C@H]2O. The first-order chi connectivity index (χ1) is 16.0. The zero-order valence-corrected chi connectivity index (χ0v) is 22.9. The van der Waals surface area contributed by atoms with Crippen LogP contribution >= 0.6 is 0 Å². The summed E-state index contributed by atoms with van der Waals surface area (Å²) in [5.41, 5.74) is -1.15. The number of carboxylic acids is 1. The van der Waals surface area contributed by atoms with Crippen molar-refractivity contribution in [3.8, 4) is 0 Å². The number of aliphatic carboxylic acids is 1. The van der Waals surface area contributed by atoms with Crippen molar-refractivity contribution in [3.63, 3.8) is 0 Å². The van der Waals surface area contributed by atoms with Crippen LogP contribution in [0.15, 0.2) is 11.6 Å². The molecule has 0 aliphatic heterocycles. The number of allylic oxidation sites excluding steroid dienone is 2. The van der Waals surface area contributed by atoms with E-state index in [-0.39, 0.29) is 40.1 Å². The van der Waals surface area contributed by atoms with Crippen LogP contribution in [0, 0.1) is 50.2 Å². The molecule has 10 atom stereocenters. The second kappa shape index (κ2) is 7.35. The highest BCUT2D eigenvalue weighted by Gasteiger charge is 2.73. The van der Waals surface area contributed by atoms with Crippen molar-refractivity contribution in [2.45, 2.75) is 118 Å². The van der Waals surface area contributed by atoms with E-state index in [1.807, 2.05) is 0 Å². The number of fused-ring (bicyclic) bond motifs is 7. The maximum Gasteiger partial charge on any atom is 0.312 e. The third kappa shape index (κ3) is 2.95. The first kappa shape index (κ1) is 25.7. The predicted molar refractivity (Wildman–Crippen MR) is 135 cm³/mol. The van der Waals surface area contributed by atoms with Crippen molar-refractivity contribution in [2.24, 2.45) is 50.2 Å². The van der Waals surface area contributed by atoms with Crippen molar-refractivity contribution in [2.75, 3.05) is 0 Å². The molecule has 5 aliphatic rings. The second-order valence-electron chi connectivity index (χ2n) is 15.2. The van der Waals surface area contributed by atoms with Gasteiger partial charge in [0.1, 0.15) is 5.41 Å². The number of carboxylic acid groups (broad SMARTS) is 1. The van der Waals surface area contributed by atoms with Gasteiger partial charge in [0.25, 0.3) is 0 Å². The molecule has 5 nitrogen and oxygen atoms in total. The molecule has 0 amide bonds. The molecule has 0 aromatic heterocycles. The van der Waals surface area contributed by atoms with Crippen LogP contribution in [0.3, 0.4) is 0 Å². The highest BCUT2D eigenvalue weighted by atomic mass is 16.4. The van der Waals surface area contributed by atoms with Gasteiger partial charge in [-0.2, -0.15) is 0 Å². The number of aliphatic hydroxyl groups excluding tert-OH is 3. The predicted octanol–water partition coefficient (Wildman–Crippen LogP) is 5.18. The molecule has 5 rings (SSSR count). The largest absolute Gasteiger partial charge is 0.481 e. The average Bonchev–Trinajstić information content (AvgIpc) is 2.74. The Morgan fingerprint density at radius 1 is 0.857 bits per heavy atom. The number of hydrogen-bond donors (Lipinski definition) is 4. The van der Waals surface area contributed by atoms with E-state index < -0.39 is 34.4 Å². The second-order valence-corrected chi connectivity index (χ2v) is 15.2. The average molecular weight is 489 g/mol. The fourth-order valence-corrected chi connectivity index (χ4v) is 10.7. The van der Waals surface area contributed by atoms with Crippen LogP contribution in [0.4, 0.5) is 0 Å². The van der Waals surface area contributed by atoms with Gasteiger partial charge in [0.05, 0.1) is 18.3 Å². The van der Waals surface area contributed by atoms with Crippen LogP contribution in [-0.2, 0) is 4.79 Å². The number of aliphatic hydroxyl groups is 3. The molecule has 4 fully saturated rings. The van der Waals surface area contributed by atoms with Crippen molar-refractivity contribution in [1.29, 1.82) is 0 Å². The Hall–Kier alpha value is -0.910. The Bertz CT molecular complexity index is 952. The maximum atomic E-state index is 12.8. The smallest absolute Gasteiger partial charge is 0.312 e. The molecule has 0 aromatic rings. The van der Waals surface area contributed by atoms with Gasteiger partial charge in [0, 0.05) is 5.41 Å². The Balaban J connectivity index is 1.66. The third-order valence-corrected chi connectivity index (χ3v) is 13.1. The van der Waals surface area contributed by atoms with E-state index in [4.69, 9.17) is 0 Å². The maximum absolute atomic E-state index is 12.8. The topological polar surface area (TPSA) is 98.0 Å². The molecule has 5 aliphatic carbocycles. The summed E-state index contributed by atoms with van der Waals surface area (Å²) in [5.74, 6) is -0.645. The molecule has 0 saturated heterocycles. The quantitative estimate of drug-likeness (QED) is 0.382. The molecule has 0 radical (unpaired) electrons. The number of carbonyl (C=O) groups is 1.